The Kier molecular flexibility index (Phi) is 11.5. The first-order valence-electron chi connectivity index (χ1n) is 21.0. The Morgan fingerprint density at radius 3 is 0.567 bits per heavy atom. The van der Waals surface area contributed by atoms with Gasteiger partial charge in [-0.2, -0.15) is 0 Å². The number of allylic oxidation sites excluding steroid dienone is 1. The Balaban J connectivity index is 1.53. The lowest BCUT2D eigenvalue weighted by Crippen LogP contribution is -2.82. The summed E-state index contributed by atoms with van der Waals surface area (Å²) in [6.07, 6.45) is 2.79. The molecule has 0 atom stereocenters. The summed E-state index contributed by atoms with van der Waals surface area (Å²) >= 11 is 0. The second-order valence-electron chi connectivity index (χ2n) is 15.6. The van der Waals surface area contributed by atoms with Crippen LogP contribution in [-0.2, 0) is 0 Å². The average molecular weight is 817 g/mol. The molecule has 0 nitrogen and oxygen atoms in total. The van der Waals surface area contributed by atoms with Gasteiger partial charge in [0.25, 0.3) is 0 Å². The molecule has 0 aliphatic heterocycles. The summed E-state index contributed by atoms with van der Waals surface area (Å²) in [5.41, 5.74) is 2.75. The molecule has 0 aromatic heterocycles. The van der Waals surface area contributed by atoms with Crippen molar-refractivity contribution >= 4 is 70.9 Å². The highest BCUT2D eigenvalue weighted by Crippen LogP contribution is 2.35. The number of rotatable bonds is 13. The van der Waals surface area contributed by atoms with Crippen LogP contribution in [0.25, 0.3) is 0 Å². The van der Waals surface area contributed by atoms with Crippen molar-refractivity contribution in [2.24, 2.45) is 0 Å². The molecule has 9 aromatic rings. The Morgan fingerprint density at radius 2 is 0.383 bits per heavy atom. The Bertz CT molecular complexity index is 2300. The molecule has 0 N–H and O–H groups in total. The lowest BCUT2D eigenvalue weighted by Gasteiger charge is -2.50. The van der Waals surface area contributed by atoms with Gasteiger partial charge in [0.05, 0.1) is 0 Å². The van der Waals surface area contributed by atoms with E-state index in [9.17, 15) is 0 Å². The predicted molar refractivity (Wildman–Crippen MR) is 265 cm³/mol. The fraction of sp³-hybridized carbons (Fsp3) is 0.0175. The maximum absolute atomic E-state index is 3.14. The molecular formula is C57H48Si3. The molecule has 9 rings (SSSR count). The van der Waals surface area contributed by atoms with Crippen LogP contribution in [0.5, 0.6) is 0 Å². The zero-order chi connectivity index (χ0) is 40.5. The van der Waals surface area contributed by atoms with Crippen LogP contribution in [0.2, 0.25) is 5.16 Å². The quantitative estimate of drug-likeness (QED) is 0.0836. The summed E-state index contributed by atoms with van der Waals surface area (Å²) in [4.78, 5) is 0. The van der Waals surface area contributed by atoms with Gasteiger partial charge in [-0.1, -0.05) is 285 Å². The van der Waals surface area contributed by atoms with Crippen molar-refractivity contribution in [1.82, 2.24) is 0 Å². The van der Waals surface area contributed by atoms with Gasteiger partial charge < -0.3 is 0 Å². The normalized spacial score (nSPS) is 12.1. The maximum Gasteiger partial charge on any atom is 0.172 e. The minimum absolute atomic E-state index is 0.0346. The number of hydrogen-bond acceptors (Lipinski definition) is 0. The molecule has 0 aliphatic rings. The molecule has 0 radical (unpaired) electrons. The van der Waals surface area contributed by atoms with Crippen molar-refractivity contribution in [1.29, 1.82) is 0 Å². The van der Waals surface area contributed by atoms with Crippen LogP contribution in [0.4, 0.5) is 0 Å². The van der Waals surface area contributed by atoms with Gasteiger partial charge in [0.2, 0.25) is 0 Å². The minimum atomic E-state index is -3.14. The third-order valence-corrected chi connectivity index (χ3v) is 29.3. The van der Waals surface area contributed by atoms with Crippen LogP contribution in [0, 0.1) is 0 Å². The zero-order valence-corrected chi connectivity index (χ0v) is 36.7. The Labute approximate surface area is 358 Å². The van der Waals surface area contributed by atoms with Crippen LogP contribution in [0.15, 0.2) is 285 Å². The van der Waals surface area contributed by atoms with E-state index in [0.717, 1.165) is 0 Å². The molecule has 60 heavy (non-hydrogen) atoms. The van der Waals surface area contributed by atoms with Crippen LogP contribution >= 0.6 is 0 Å². The summed E-state index contributed by atoms with van der Waals surface area (Å²) in [6.45, 7) is 0. The third-order valence-electron chi connectivity index (χ3n) is 12.5. The molecule has 0 heterocycles. The van der Waals surface area contributed by atoms with Gasteiger partial charge in [-0.15, -0.1) is 0 Å². The molecular weight excluding hydrogens is 769 g/mol. The summed E-state index contributed by atoms with van der Waals surface area (Å²) in [5.74, 6) is 0. The standard InChI is InChI=1S/C57H48Si3/c1-10-28-48(29-11-1)58(49-30-12-2-13-31-49,50-32-14-3-15-33-50)47-46-57(59(51-34-16-4-17-35-51,52-36-18-5-19-37-52)53-38-20-6-21-39-53)60(54-40-22-7-23-41-54,55-42-24-8-25-43-55)56-44-26-9-27-45-56/h1-47,57H. The van der Waals surface area contributed by atoms with E-state index in [1.54, 1.807) is 0 Å². The van der Waals surface area contributed by atoms with Crippen LogP contribution in [0.1, 0.15) is 0 Å². The van der Waals surface area contributed by atoms with E-state index in [2.05, 4.69) is 285 Å². The molecule has 0 fully saturated rings. The number of hydrogen-bond donors (Lipinski definition) is 0. The first kappa shape index (κ1) is 38.9. The van der Waals surface area contributed by atoms with Gasteiger partial charge in [-0.05, 0) is 51.8 Å². The molecule has 0 amide bonds. The van der Waals surface area contributed by atoms with Gasteiger partial charge in [-0.25, -0.2) is 0 Å². The topological polar surface area (TPSA) is 0 Å². The second-order valence-corrected chi connectivity index (χ2v) is 27.8. The fourth-order valence-corrected chi connectivity index (χ4v) is 29.5. The monoisotopic (exact) mass is 816 g/mol. The van der Waals surface area contributed by atoms with Gasteiger partial charge in [0.15, 0.2) is 24.2 Å². The van der Waals surface area contributed by atoms with E-state index in [4.69, 9.17) is 0 Å². The highest BCUT2D eigenvalue weighted by atomic mass is 28.4. The Morgan fingerprint density at radius 1 is 0.217 bits per heavy atom. The molecule has 0 unspecified atom stereocenters. The van der Waals surface area contributed by atoms with E-state index in [0.29, 0.717) is 0 Å². The first-order valence-corrected chi connectivity index (χ1v) is 27.2. The lowest BCUT2D eigenvalue weighted by molar-refractivity contribution is 1.39. The largest absolute Gasteiger partial charge is 0.172 e. The van der Waals surface area contributed by atoms with E-state index in [1.165, 1.54) is 46.7 Å². The van der Waals surface area contributed by atoms with Crippen molar-refractivity contribution in [3.05, 3.63) is 285 Å². The zero-order valence-electron chi connectivity index (χ0n) is 33.7. The summed E-state index contributed by atoms with van der Waals surface area (Å²) in [5, 5.41) is 12.6. The van der Waals surface area contributed by atoms with Gasteiger partial charge >= 0.3 is 0 Å². The van der Waals surface area contributed by atoms with E-state index < -0.39 is 24.2 Å². The molecule has 288 valence electrons. The van der Waals surface area contributed by atoms with Crippen LogP contribution in [0.3, 0.4) is 0 Å². The van der Waals surface area contributed by atoms with Crippen molar-refractivity contribution in [2.45, 2.75) is 5.16 Å². The molecule has 0 saturated carbocycles. The predicted octanol–water partition coefficient (Wildman–Crippen LogP) is 7.50. The molecule has 0 saturated heterocycles. The Hall–Kier alpha value is -6.63. The molecule has 0 bridgehead atoms. The summed E-state index contributed by atoms with van der Waals surface area (Å²) < 4.78 is 0. The molecule has 0 aliphatic carbocycles. The fourth-order valence-electron chi connectivity index (χ4n) is 10.0. The van der Waals surface area contributed by atoms with Crippen molar-refractivity contribution in [3.8, 4) is 0 Å². The smallest absolute Gasteiger partial charge is 0.0917 e. The van der Waals surface area contributed by atoms with E-state index in [1.807, 2.05) is 0 Å². The highest BCUT2D eigenvalue weighted by Gasteiger charge is 2.58. The van der Waals surface area contributed by atoms with Crippen molar-refractivity contribution in [3.63, 3.8) is 0 Å². The highest BCUT2D eigenvalue weighted by molar-refractivity contribution is 7.28. The maximum atomic E-state index is 2.79. The average Bonchev–Trinajstić information content (AvgIpc) is 3.35. The summed E-state index contributed by atoms with van der Waals surface area (Å²) in [7, 11) is -9.17. The van der Waals surface area contributed by atoms with Crippen molar-refractivity contribution in [2.75, 3.05) is 0 Å². The van der Waals surface area contributed by atoms with Crippen molar-refractivity contribution < 1.29 is 0 Å². The van der Waals surface area contributed by atoms with E-state index in [-0.39, 0.29) is 5.16 Å². The molecule has 9 aromatic carbocycles. The minimum Gasteiger partial charge on any atom is -0.0917 e. The molecule has 0 spiro atoms. The number of benzene rings is 9. The lowest BCUT2D eigenvalue weighted by atomic mass is 10.3. The van der Waals surface area contributed by atoms with Gasteiger partial charge in [-0.3, -0.25) is 0 Å². The van der Waals surface area contributed by atoms with E-state index >= 15 is 0 Å². The van der Waals surface area contributed by atoms with Gasteiger partial charge in [0.1, 0.15) is 0 Å². The summed E-state index contributed by atoms with van der Waals surface area (Å²) in [6, 6.07) is 103. The first-order chi connectivity index (χ1) is 29.8. The second kappa shape index (κ2) is 17.7. The van der Waals surface area contributed by atoms with Gasteiger partial charge in [0, 0.05) is 0 Å². The SMILES string of the molecule is C(=C[Si](c1ccccc1)(c1ccccc1)c1ccccc1)C([Si](c1ccccc1)(c1ccccc1)c1ccccc1)[Si](c1ccccc1)(c1ccccc1)c1ccccc1. The third kappa shape index (κ3) is 6.91. The van der Waals surface area contributed by atoms with Crippen LogP contribution < -0.4 is 46.7 Å². The molecule has 3 heteroatoms. The van der Waals surface area contributed by atoms with Crippen LogP contribution in [-0.4, -0.2) is 24.2 Å².